The number of carbonyl (C=O) groups excluding carboxylic acids is 1. The molecule has 1 atom stereocenters. The molecule has 21 heavy (non-hydrogen) atoms. The van der Waals surface area contributed by atoms with E-state index in [2.05, 4.69) is 15.4 Å². The molecule has 2 rings (SSSR count). The fraction of sp³-hybridized carbons (Fsp3) is 0.615. The molecule has 1 saturated heterocycles. The van der Waals surface area contributed by atoms with Gasteiger partial charge in [0.1, 0.15) is 10.6 Å². The Bertz CT molecular complexity index is 603. The molecule has 2 heterocycles. The van der Waals surface area contributed by atoms with Crippen LogP contribution in [0.15, 0.2) is 17.2 Å². The third-order valence-electron chi connectivity index (χ3n) is 3.76. The average Bonchev–Trinajstić information content (AvgIpc) is 3.07. The first-order chi connectivity index (χ1) is 9.94. The fourth-order valence-electron chi connectivity index (χ4n) is 2.48. The second-order valence-electron chi connectivity index (χ2n) is 5.30. The Morgan fingerprint density at radius 1 is 1.52 bits per heavy atom. The Kier molecular flexibility index (Phi) is 5.02. The summed E-state index contributed by atoms with van der Waals surface area (Å²) in [5.41, 5.74) is 0.317. The Balaban J connectivity index is 2.00. The minimum atomic E-state index is -3.57. The van der Waals surface area contributed by atoms with Crippen LogP contribution in [0.4, 0.5) is 0 Å². The van der Waals surface area contributed by atoms with Crippen molar-refractivity contribution >= 4 is 15.9 Å². The van der Waals surface area contributed by atoms with Gasteiger partial charge in [0.15, 0.2) is 0 Å². The number of sulfonamides is 1. The number of rotatable bonds is 6. The molecule has 118 valence electrons. The second kappa shape index (κ2) is 6.59. The van der Waals surface area contributed by atoms with Gasteiger partial charge in [-0.3, -0.25) is 4.79 Å². The first-order valence-electron chi connectivity index (χ1n) is 7.03. The van der Waals surface area contributed by atoms with E-state index in [0.29, 0.717) is 18.2 Å². The van der Waals surface area contributed by atoms with Crippen LogP contribution in [0.3, 0.4) is 0 Å². The molecule has 8 heteroatoms. The minimum absolute atomic E-state index is 0.119. The van der Waals surface area contributed by atoms with Gasteiger partial charge in [-0.25, -0.2) is 13.1 Å². The van der Waals surface area contributed by atoms with E-state index in [9.17, 15) is 13.2 Å². The molecule has 1 aromatic rings. The van der Waals surface area contributed by atoms with Crippen LogP contribution < -0.4 is 15.4 Å². The van der Waals surface area contributed by atoms with Gasteiger partial charge < -0.3 is 15.2 Å². The van der Waals surface area contributed by atoms with Crippen molar-refractivity contribution in [1.82, 2.24) is 19.9 Å². The van der Waals surface area contributed by atoms with Crippen molar-refractivity contribution in [3.63, 3.8) is 0 Å². The van der Waals surface area contributed by atoms with Crippen LogP contribution in [-0.4, -0.2) is 45.6 Å². The predicted octanol–water partition coefficient (Wildman–Crippen LogP) is -0.337. The number of aromatic nitrogens is 1. The van der Waals surface area contributed by atoms with E-state index in [1.165, 1.54) is 23.9 Å². The smallest absolute Gasteiger partial charge is 0.267 e. The molecule has 0 bridgehead atoms. The zero-order chi connectivity index (χ0) is 15.5. The van der Waals surface area contributed by atoms with E-state index in [4.69, 9.17) is 0 Å². The molecule has 0 saturated carbocycles. The lowest BCUT2D eigenvalue weighted by atomic mass is 10.1. The van der Waals surface area contributed by atoms with Gasteiger partial charge in [-0.1, -0.05) is 0 Å². The van der Waals surface area contributed by atoms with Crippen LogP contribution >= 0.6 is 0 Å². The predicted molar refractivity (Wildman–Crippen MR) is 79.6 cm³/mol. The largest absolute Gasteiger partial charge is 0.354 e. The lowest BCUT2D eigenvalue weighted by Gasteiger charge is -2.09. The molecule has 1 fully saturated rings. The van der Waals surface area contributed by atoms with Crippen molar-refractivity contribution in [2.24, 2.45) is 13.0 Å². The summed E-state index contributed by atoms with van der Waals surface area (Å²) in [7, 11) is -0.409. The van der Waals surface area contributed by atoms with Crippen molar-refractivity contribution in [2.75, 3.05) is 26.7 Å². The summed E-state index contributed by atoms with van der Waals surface area (Å²) in [5, 5.41) is 5.74. The molecule has 3 N–H and O–H groups in total. The Hall–Kier alpha value is -1.38. The van der Waals surface area contributed by atoms with Crippen LogP contribution in [0.2, 0.25) is 0 Å². The van der Waals surface area contributed by atoms with Crippen molar-refractivity contribution in [3.05, 3.63) is 18.0 Å². The zero-order valence-corrected chi connectivity index (χ0v) is 13.2. The monoisotopic (exact) mass is 314 g/mol. The number of hydrogen-bond acceptors (Lipinski definition) is 4. The molecule has 1 aliphatic heterocycles. The van der Waals surface area contributed by atoms with Crippen LogP contribution in [0.1, 0.15) is 23.3 Å². The molecule has 0 aliphatic carbocycles. The number of nitrogens with one attached hydrogen (secondary N) is 3. The summed E-state index contributed by atoms with van der Waals surface area (Å²) in [6.07, 6.45) is 3.36. The van der Waals surface area contributed by atoms with Crippen LogP contribution in [-0.2, 0) is 17.1 Å². The van der Waals surface area contributed by atoms with Crippen LogP contribution in [0.25, 0.3) is 0 Å². The molecule has 7 nitrogen and oxygen atoms in total. The molecule has 1 amide bonds. The maximum absolute atomic E-state index is 12.2. The van der Waals surface area contributed by atoms with Crippen LogP contribution in [0, 0.1) is 5.92 Å². The number of hydrogen-bond donors (Lipinski definition) is 3. The highest BCUT2D eigenvalue weighted by atomic mass is 32.2. The van der Waals surface area contributed by atoms with Crippen molar-refractivity contribution in [1.29, 1.82) is 0 Å². The maximum atomic E-state index is 12.2. The highest BCUT2D eigenvalue weighted by Crippen LogP contribution is 2.15. The van der Waals surface area contributed by atoms with Gasteiger partial charge in [0.05, 0.1) is 0 Å². The van der Waals surface area contributed by atoms with E-state index in [-0.39, 0.29) is 10.8 Å². The summed E-state index contributed by atoms with van der Waals surface area (Å²) in [6.45, 7) is 2.37. The maximum Gasteiger partial charge on any atom is 0.267 e. The lowest BCUT2D eigenvalue weighted by Crippen LogP contribution is -2.26. The Morgan fingerprint density at radius 2 is 2.29 bits per heavy atom. The van der Waals surface area contributed by atoms with Gasteiger partial charge in [-0.2, -0.15) is 0 Å². The number of amides is 1. The molecule has 1 aliphatic rings. The zero-order valence-electron chi connectivity index (χ0n) is 12.3. The van der Waals surface area contributed by atoms with Gasteiger partial charge in [-0.05, 0) is 37.9 Å². The highest BCUT2D eigenvalue weighted by Gasteiger charge is 2.21. The molecule has 0 spiro atoms. The van der Waals surface area contributed by atoms with Crippen molar-refractivity contribution in [2.45, 2.75) is 17.7 Å². The summed E-state index contributed by atoms with van der Waals surface area (Å²) in [5.74, 6) is 0.223. The number of aryl methyl sites for hydroxylation is 1. The normalized spacial score (nSPS) is 18.9. The lowest BCUT2D eigenvalue weighted by molar-refractivity contribution is 0.0955. The Labute approximate surface area is 125 Å². The molecular weight excluding hydrogens is 292 g/mol. The first-order valence-corrected chi connectivity index (χ1v) is 8.51. The summed E-state index contributed by atoms with van der Waals surface area (Å²) in [6, 6.07) is 1.39. The van der Waals surface area contributed by atoms with Gasteiger partial charge >= 0.3 is 0 Å². The van der Waals surface area contributed by atoms with Crippen LogP contribution in [0.5, 0.6) is 0 Å². The molecule has 0 radical (unpaired) electrons. The number of nitrogens with zero attached hydrogens (tertiary/aromatic N) is 1. The van der Waals surface area contributed by atoms with Gasteiger partial charge in [0.25, 0.3) is 5.91 Å². The van der Waals surface area contributed by atoms with Gasteiger partial charge in [0.2, 0.25) is 10.0 Å². The molecule has 1 unspecified atom stereocenters. The van der Waals surface area contributed by atoms with Crippen molar-refractivity contribution < 1.29 is 13.2 Å². The average molecular weight is 314 g/mol. The van der Waals surface area contributed by atoms with E-state index in [1.54, 1.807) is 7.05 Å². The molecule has 1 aromatic heterocycles. The minimum Gasteiger partial charge on any atom is -0.354 e. The van der Waals surface area contributed by atoms with Crippen molar-refractivity contribution in [3.8, 4) is 0 Å². The van der Waals surface area contributed by atoms with Gasteiger partial charge in [-0.15, -0.1) is 0 Å². The first kappa shape index (κ1) is 16.0. The highest BCUT2D eigenvalue weighted by molar-refractivity contribution is 7.89. The van der Waals surface area contributed by atoms with Gasteiger partial charge in [0, 0.05) is 26.8 Å². The van der Waals surface area contributed by atoms with E-state index in [0.717, 1.165) is 25.9 Å². The van der Waals surface area contributed by atoms with E-state index >= 15 is 0 Å². The Morgan fingerprint density at radius 3 is 2.90 bits per heavy atom. The summed E-state index contributed by atoms with van der Waals surface area (Å²) >= 11 is 0. The molecular formula is C13H22N4O3S. The quantitative estimate of drug-likeness (QED) is 0.670. The standard InChI is InChI=1S/C13H22N4O3S/c1-14-13(18)12-7-11(9-17(12)2)21(19,20)16-6-4-10-3-5-15-8-10/h7,9-10,15-16H,3-6,8H2,1-2H3,(H,14,18). The second-order valence-corrected chi connectivity index (χ2v) is 7.06. The van der Waals surface area contributed by atoms with E-state index in [1.807, 2.05) is 0 Å². The molecule has 0 aromatic carbocycles. The summed E-state index contributed by atoms with van der Waals surface area (Å²) in [4.78, 5) is 11.7. The SMILES string of the molecule is CNC(=O)c1cc(S(=O)(=O)NCCC2CCNC2)cn1C. The fourth-order valence-corrected chi connectivity index (χ4v) is 3.59. The topological polar surface area (TPSA) is 92.2 Å². The summed E-state index contributed by atoms with van der Waals surface area (Å²) < 4.78 is 28.5. The number of carbonyl (C=O) groups is 1. The third kappa shape index (κ3) is 3.84. The third-order valence-corrected chi connectivity index (χ3v) is 5.18. The van der Waals surface area contributed by atoms with E-state index < -0.39 is 10.0 Å².